The molecule has 1 unspecified atom stereocenters. The third-order valence-electron chi connectivity index (χ3n) is 11.2. The smallest absolute Gasteiger partial charge is 0.294 e. The molecule has 1 aliphatic carbocycles. The molecule has 1 saturated carbocycles. The number of pyridine rings is 2. The number of hydrogen-bond acceptors (Lipinski definition) is 12. The molecule has 17 heteroatoms. The van der Waals surface area contributed by atoms with Crippen molar-refractivity contribution in [1.82, 2.24) is 39.9 Å². The van der Waals surface area contributed by atoms with Crippen LogP contribution in [0.3, 0.4) is 0 Å². The SMILES string of the molecule is CNC(=O)COc1cc2cc(Nc3nc(N4CC5(CCC(Nc6ccc7c(C8CCC(=O)NC8=O)nn(C)c7c6)CC5)C4)ncc3Cl)cnc2n(C(C)C)c1=O. The molecule has 6 heterocycles. The lowest BCUT2D eigenvalue weighted by Crippen LogP contribution is -2.59. The minimum Gasteiger partial charge on any atom is -0.478 e. The van der Waals surface area contributed by atoms with Crippen LogP contribution in [-0.2, 0) is 21.4 Å². The van der Waals surface area contributed by atoms with Gasteiger partial charge < -0.3 is 25.6 Å². The number of likely N-dealkylation sites (N-methyl/N-ethyl adjacent to an activating group) is 1. The highest BCUT2D eigenvalue weighted by atomic mass is 35.5. The molecule has 2 saturated heterocycles. The van der Waals surface area contributed by atoms with Crippen LogP contribution in [0.1, 0.15) is 70.0 Å². The summed E-state index contributed by atoms with van der Waals surface area (Å²) < 4.78 is 8.94. The number of anilines is 4. The maximum atomic E-state index is 13.2. The van der Waals surface area contributed by atoms with Gasteiger partial charge in [0.2, 0.25) is 17.8 Å². The number of amides is 3. The normalized spacial score (nSPS) is 18.3. The van der Waals surface area contributed by atoms with Gasteiger partial charge in [-0.15, -0.1) is 0 Å². The quantitative estimate of drug-likeness (QED) is 0.145. The van der Waals surface area contributed by atoms with E-state index in [1.165, 1.54) is 7.05 Å². The van der Waals surface area contributed by atoms with Crippen molar-refractivity contribution in [2.45, 2.75) is 70.4 Å². The number of imide groups is 1. The fourth-order valence-corrected chi connectivity index (χ4v) is 8.36. The Hall–Kier alpha value is -5.77. The van der Waals surface area contributed by atoms with Crippen LogP contribution in [0.5, 0.6) is 5.75 Å². The van der Waals surface area contributed by atoms with Crippen molar-refractivity contribution in [3.8, 4) is 5.75 Å². The molecule has 0 bridgehead atoms. The predicted molar refractivity (Wildman–Crippen MR) is 213 cm³/mol. The number of carbonyl (C=O) groups excluding carboxylic acids is 3. The van der Waals surface area contributed by atoms with Crippen LogP contribution in [0.15, 0.2) is 47.5 Å². The second-order valence-corrected chi connectivity index (χ2v) is 15.8. The van der Waals surface area contributed by atoms with E-state index in [-0.39, 0.29) is 47.1 Å². The molecule has 4 aromatic heterocycles. The number of piperidine rings is 1. The van der Waals surface area contributed by atoms with Crippen molar-refractivity contribution in [3.05, 3.63) is 63.8 Å². The summed E-state index contributed by atoms with van der Waals surface area (Å²) in [6.07, 6.45) is 8.23. The Balaban J connectivity index is 0.902. The molecule has 1 aromatic carbocycles. The highest BCUT2D eigenvalue weighted by Crippen LogP contribution is 2.46. The third-order valence-corrected chi connectivity index (χ3v) is 11.5. The van der Waals surface area contributed by atoms with Crippen molar-refractivity contribution < 1.29 is 19.1 Å². The van der Waals surface area contributed by atoms with Gasteiger partial charge in [-0.05, 0) is 76.3 Å². The van der Waals surface area contributed by atoms with E-state index in [1.54, 1.807) is 23.0 Å². The van der Waals surface area contributed by atoms with Crippen LogP contribution in [0.2, 0.25) is 5.02 Å². The molecular weight excluding hydrogens is 738 g/mol. The van der Waals surface area contributed by atoms with Gasteiger partial charge >= 0.3 is 0 Å². The lowest BCUT2D eigenvalue weighted by atomic mass is 9.67. The average Bonchev–Trinajstić information content (AvgIpc) is 3.48. The molecule has 3 fully saturated rings. The Labute approximate surface area is 327 Å². The van der Waals surface area contributed by atoms with Crippen LogP contribution in [0.4, 0.5) is 23.1 Å². The first kappa shape index (κ1) is 37.2. The van der Waals surface area contributed by atoms with Crippen molar-refractivity contribution in [2.24, 2.45) is 12.5 Å². The van der Waals surface area contributed by atoms with Crippen LogP contribution in [0.25, 0.3) is 21.9 Å². The van der Waals surface area contributed by atoms with Crippen molar-refractivity contribution in [2.75, 3.05) is 42.3 Å². The van der Waals surface area contributed by atoms with Crippen molar-refractivity contribution in [3.63, 3.8) is 0 Å². The monoisotopic (exact) mass is 781 g/mol. The summed E-state index contributed by atoms with van der Waals surface area (Å²) in [4.78, 5) is 65.3. The van der Waals surface area contributed by atoms with Gasteiger partial charge in [-0.2, -0.15) is 10.1 Å². The highest BCUT2D eigenvalue weighted by Gasteiger charge is 2.46. The van der Waals surface area contributed by atoms with E-state index in [2.05, 4.69) is 53.4 Å². The number of hydrogen-bond donors (Lipinski definition) is 4. The number of aryl methyl sites for hydroxylation is 1. The van der Waals surface area contributed by atoms with E-state index < -0.39 is 5.92 Å². The van der Waals surface area contributed by atoms with E-state index in [4.69, 9.17) is 21.3 Å². The van der Waals surface area contributed by atoms with Gasteiger partial charge in [-0.3, -0.25) is 33.7 Å². The lowest BCUT2D eigenvalue weighted by Gasteiger charge is -2.53. The number of fused-ring (bicyclic) bond motifs is 2. The topological polar surface area (TPSA) is 190 Å². The molecule has 3 amide bonds. The number of halogens is 1. The summed E-state index contributed by atoms with van der Waals surface area (Å²) in [6.45, 7) is 5.20. The second-order valence-electron chi connectivity index (χ2n) is 15.4. The standard InChI is InChI=1S/C39H44ClN11O5/c1-21(2)51-35-22(14-30(37(51)55)56-18-32(53)41-3)13-25(16-42-35)45-34-28(40)17-43-38(47-34)50-19-39(20-50)11-9-23(10-12-39)44-24-5-6-26-29(15-24)49(4)48-33(26)27-7-8-31(52)46-36(27)54/h5-6,13-17,21,23,27,44H,7-12,18-20H2,1-4H3,(H,41,53)(H,43,45,47)(H,46,52,54). The highest BCUT2D eigenvalue weighted by molar-refractivity contribution is 6.33. The minimum absolute atomic E-state index is 0.0564. The maximum Gasteiger partial charge on any atom is 0.294 e. The van der Waals surface area contributed by atoms with Crippen LogP contribution in [-0.4, -0.2) is 79.8 Å². The number of ether oxygens (including phenoxy) is 1. The third kappa shape index (κ3) is 7.08. The van der Waals surface area contributed by atoms with Gasteiger partial charge in [0, 0.05) is 67.6 Å². The van der Waals surface area contributed by atoms with E-state index in [1.807, 2.05) is 37.7 Å². The van der Waals surface area contributed by atoms with E-state index in [0.717, 1.165) is 55.4 Å². The molecule has 56 heavy (non-hydrogen) atoms. The first-order valence-electron chi connectivity index (χ1n) is 18.9. The van der Waals surface area contributed by atoms with E-state index >= 15 is 0 Å². The summed E-state index contributed by atoms with van der Waals surface area (Å²) in [5.74, 6) is -0.199. The molecule has 5 aromatic rings. The van der Waals surface area contributed by atoms with Gasteiger partial charge in [0.25, 0.3) is 11.5 Å². The minimum atomic E-state index is -0.430. The summed E-state index contributed by atoms with van der Waals surface area (Å²) >= 11 is 6.57. The predicted octanol–water partition coefficient (Wildman–Crippen LogP) is 4.56. The number of rotatable bonds is 10. The van der Waals surface area contributed by atoms with Gasteiger partial charge in [-0.1, -0.05) is 11.6 Å². The Morgan fingerprint density at radius 2 is 1.84 bits per heavy atom. The largest absolute Gasteiger partial charge is 0.478 e. The summed E-state index contributed by atoms with van der Waals surface area (Å²) in [5, 5.41) is 18.6. The molecule has 2 aliphatic heterocycles. The summed E-state index contributed by atoms with van der Waals surface area (Å²) in [5.41, 5.74) is 3.61. The van der Waals surface area contributed by atoms with Crippen molar-refractivity contribution in [1.29, 1.82) is 0 Å². The first-order valence-corrected chi connectivity index (χ1v) is 19.3. The number of nitrogens with zero attached hydrogens (tertiary/aromatic N) is 7. The second kappa shape index (κ2) is 14.7. The Morgan fingerprint density at radius 1 is 1.05 bits per heavy atom. The van der Waals surface area contributed by atoms with Crippen LogP contribution >= 0.6 is 11.6 Å². The van der Waals surface area contributed by atoms with Gasteiger partial charge in [0.05, 0.1) is 35.2 Å². The Kier molecular flexibility index (Phi) is 9.76. The molecule has 1 spiro atoms. The fraction of sp³-hybridized carbons (Fsp3) is 0.436. The van der Waals surface area contributed by atoms with Gasteiger partial charge in [0.15, 0.2) is 18.2 Å². The number of nitrogens with one attached hydrogen (secondary N) is 4. The zero-order chi connectivity index (χ0) is 39.3. The lowest BCUT2D eigenvalue weighted by molar-refractivity contribution is -0.134. The number of benzene rings is 1. The first-order chi connectivity index (χ1) is 26.9. The molecule has 292 valence electrons. The number of carbonyl (C=O) groups is 3. The molecule has 8 rings (SSSR count). The van der Waals surface area contributed by atoms with Crippen LogP contribution in [0, 0.1) is 5.41 Å². The zero-order valence-corrected chi connectivity index (χ0v) is 32.4. The fourth-order valence-electron chi connectivity index (χ4n) is 8.22. The Morgan fingerprint density at radius 3 is 2.57 bits per heavy atom. The molecule has 16 nitrogen and oxygen atoms in total. The van der Waals surface area contributed by atoms with Crippen molar-refractivity contribution >= 4 is 74.4 Å². The van der Waals surface area contributed by atoms with E-state index in [0.29, 0.717) is 58.1 Å². The Bertz CT molecular complexity index is 2430. The molecular formula is C39H44ClN11O5. The number of aromatic nitrogens is 6. The molecule has 3 aliphatic rings. The molecule has 0 radical (unpaired) electrons. The average molecular weight is 782 g/mol. The van der Waals surface area contributed by atoms with Gasteiger partial charge in [-0.25, -0.2) is 9.97 Å². The molecule has 1 atom stereocenters. The maximum absolute atomic E-state index is 13.2. The van der Waals surface area contributed by atoms with E-state index in [9.17, 15) is 19.2 Å². The molecule has 4 N–H and O–H groups in total. The summed E-state index contributed by atoms with van der Waals surface area (Å²) in [6, 6.07) is 9.74. The summed E-state index contributed by atoms with van der Waals surface area (Å²) in [7, 11) is 3.39. The van der Waals surface area contributed by atoms with Crippen LogP contribution < -0.4 is 36.5 Å². The van der Waals surface area contributed by atoms with Gasteiger partial charge in [0.1, 0.15) is 10.7 Å². The zero-order valence-electron chi connectivity index (χ0n) is 31.7.